The normalized spacial score (nSPS) is 18.7. The molecule has 1 aromatic carbocycles. The summed E-state index contributed by atoms with van der Waals surface area (Å²) in [6.07, 6.45) is 5.64. The molecule has 0 N–H and O–H groups in total. The highest BCUT2D eigenvalue weighted by molar-refractivity contribution is 5.67. The Bertz CT molecular complexity index is 375. The highest BCUT2D eigenvalue weighted by atomic mass is 14.2. The van der Waals surface area contributed by atoms with E-state index in [-0.39, 0.29) is 0 Å². The van der Waals surface area contributed by atoms with Crippen LogP contribution in [0.1, 0.15) is 50.7 Å². The van der Waals surface area contributed by atoms with Crippen molar-refractivity contribution in [2.24, 2.45) is 5.92 Å². The van der Waals surface area contributed by atoms with Crippen LogP contribution < -0.4 is 0 Å². The van der Waals surface area contributed by atoms with E-state index in [1.807, 2.05) is 0 Å². The zero-order valence-corrected chi connectivity index (χ0v) is 10.7. The van der Waals surface area contributed by atoms with Gasteiger partial charge in [-0.05, 0) is 50.7 Å². The maximum Gasteiger partial charge on any atom is -0.0200 e. The lowest BCUT2D eigenvalue weighted by Gasteiger charge is -2.14. The lowest BCUT2D eigenvalue weighted by Crippen LogP contribution is -1.97. The van der Waals surface area contributed by atoms with Gasteiger partial charge in [-0.2, -0.15) is 0 Å². The van der Waals surface area contributed by atoms with Gasteiger partial charge in [-0.1, -0.05) is 48.2 Å². The monoisotopic (exact) mass is 214 g/mol. The molecule has 1 aliphatic rings. The van der Waals surface area contributed by atoms with Gasteiger partial charge in [-0.15, -0.1) is 0 Å². The zero-order chi connectivity index (χ0) is 11.5. The summed E-state index contributed by atoms with van der Waals surface area (Å²) >= 11 is 0. The summed E-state index contributed by atoms with van der Waals surface area (Å²) in [7, 11) is 0. The predicted molar refractivity (Wildman–Crippen MR) is 71.4 cm³/mol. The Kier molecular flexibility index (Phi) is 3.48. The van der Waals surface area contributed by atoms with Gasteiger partial charge in [0.2, 0.25) is 0 Å². The number of hydrogen-bond donors (Lipinski definition) is 0. The summed E-state index contributed by atoms with van der Waals surface area (Å²) in [5.41, 5.74) is 5.85. The van der Waals surface area contributed by atoms with E-state index < -0.39 is 0 Å². The number of aryl methyl sites for hydroxylation is 1. The van der Waals surface area contributed by atoms with Crippen molar-refractivity contribution in [3.05, 3.63) is 41.0 Å². The summed E-state index contributed by atoms with van der Waals surface area (Å²) in [4.78, 5) is 0. The average molecular weight is 214 g/mol. The molecule has 1 aromatic rings. The number of hydrogen-bond acceptors (Lipinski definition) is 0. The predicted octanol–water partition coefficient (Wildman–Crippen LogP) is 4.98. The number of benzene rings is 1. The maximum atomic E-state index is 2.32. The Morgan fingerprint density at radius 2 is 1.56 bits per heavy atom. The van der Waals surface area contributed by atoms with E-state index in [0.29, 0.717) is 0 Å². The molecule has 0 aliphatic heterocycles. The van der Waals surface area contributed by atoms with Crippen molar-refractivity contribution in [3.63, 3.8) is 0 Å². The van der Waals surface area contributed by atoms with Crippen molar-refractivity contribution in [1.29, 1.82) is 0 Å². The Morgan fingerprint density at radius 1 is 1.00 bits per heavy atom. The summed E-state index contributed by atoms with van der Waals surface area (Å²) in [6, 6.07) is 8.92. The van der Waals surface area contributed by atoms with Crippen LogP contribution in [0.15, 0.2) is 29.8 Å². The SMILES string of the molecule is C/C(=C(\C)C1CCCC1)c1ccc(C)cc1. The Morgan fingerprint density at radius 3 is 2.12 bits per heavy atom. The van der Waals surface area contributed by atoms with Crippen LogP contribution in [0, 0.1) is 12.8 Å². The van der Waals surface area contributed by atoms with Crippen LogP contribution in [0.2, 0.25) is 0 Å². The van der Waals surface area contributed by atoms with Gasteiger partial charge in [0.15, 0.2) is 0 Å². The van der Waals surface area contributed by atoms with Crippen LogP contribution in [-0.2, 0) is 0 Å². The molecule has 0 radical (unpaired) electrons. The molecule has 0 aromatic heterocycles. The first-order valence-corrected chi connectivity index (χ1v) is 6.43. The van der Waals surface area contributed by atoms with E-state index in [9.17, 15) is 0 Å². The van der Waals surface area contributed by atoms with Crippen molar-refractivity contribution in [2.75, 3.05) is 0 Å². The van der Waals surface area contributed by atoms with E-state index in [1.54, 1.807) is 5.57 Å². The fourth-order valence-electron chi connectivity index (χ4n) is 2.70. The van der Waals surface area contributed by atoms with Crippen LogP contribution in [-0.4, -0.2) is 0 Å². The fourth-order valence-corrected chi connectivity index (χ4v) is 2.70. The van der Waals surface area contributed by atoms with E-state index in [4.69, 9.17) is 0 Å². The second-order valence-corrected chi connectivity index (χ2v) is 5.16. The van der Waals surface area contributed by atoms with Gasteiger partial charge in [0.25, 0.3) is 0 Å². The first kappa shape index (κ1) is 11.4. The minimum Gasteiger partial charge on any atom is -0.0667 e. The minimum atomic E-state index is 0.848. The lowest BCUT2D eigenvalue weighted by atomic mass is 9.91. The van der Waals surface area contributed by atoms with Crippen LogP contribution in [0.4, 0.5) is 0 Å². The molecule has 16 heavy (non-hydrogen) atoms. The molecule has 2 rings (SSSR count). The molecule has 0 amide bonds. The number of allylic oxidation sites excluding steroid dienone is 2. The second-order valence-electron chi connectivity index (χ2n) is 5.16. The van der Waals surface area contributed by atoms with Gasteiger partial charge in [0.1, 0.15) is 0 Å². The molecule has 0 nitrogen and oxygen atoms in total. The third-order valence-corrected chi connectivity index (χ3v) is 4.04. The highest BCUT2D eigenvalue weighted by Gasteiger charge is 2.18. The molecule has 0 heterocycles. The largest absolute Gasteiger partial charge is 0.0667 e. The summed E-state index contributed by atoms with van der Waals surface area (Å²) < 4.78 is 0. The van der Waals surface area contributed by atoms with E-state index in [2.05, 4.69) is 45.0 Å². The van der Waals surface area contributed by atoms with Gasteiger partial charge >= 0.3 is 0 Å². The van der Waals surface area contributed by atoms with Gasteiger partial charge in [-0.3, -0.25) is 0 Å². The summed E-state index contributed by atoms with van der Waals surface area (Å²) in [5, 5.41) is 0. The zero-order valence-electron chi connectivity index (χ0n) is 10.7. The molecular formula is C16H22. The quantitative estimate of drug-likeness (QED) is 0.651. The third-order valence-electron chi connectivity index (χ3n) is 4.04. The van der Waals surface area contributed by atoms with Crippen molar-refractivity contribution in [2.45, 2.75) is 46.5 Å². The smallest absolute Gasteiger partial charge is 0.0200 e. The first-order valence-electron chi connectivity index (χ1n) is 6.43. The first-order chi connectivity index (χ1) is 7.68. The molecule has 1 aliphatic carbocycles. The van der Waals surface area contributed by atoms with E-state index in [1.165, 1.54) is 42.4 Å². The Labute approximate surface area is 99.4 Å². The maximum absolute atomic E-state index is 2.32. The van der Waals surface area contributed by atoms with Crippen molar-refractivity contribution in [3.8, 4) is 0 Å². The Hall–Kier alpha value is -1.04. The summed E-state index contributed by atoms with van der Waals surface area (Å²) in [6.45, 7) is 6.75. The van der Waals surface area contributed by atoms with Gasteiger partial charge in [0.05, 0.1) is 0 Å². The van der Waals surface area contributed by atoms with Crippen LogP contribution in [0.5, 0.6) is 0 Å². The molecule has 86 valence electrons. The third kappa shape index (κ3) is 2.37. The average Bonchev–Trinajstić information content (AvgIpc) is 2.81. The molecule has 0 atom stereocenters. The van der Waals surface area contributed by atoms with Crippen molar-refractivity contribution in [1.82, 2.24) is 0 Å². The molecule has 0 bridgehead atoms. The molecule has 0 spiro atoms. The van der Waals surface area contributed by atoms with E-state index in [0.717, 1.165) is 5.92 Å². The van der Waals surface area contributed by atoms with Crippen molar-refractivity contribution >= 4 is 5.57 Å². The highest BCUT2D eigenvalue weighted by Crippen LogP contribution is 2.34. The summed E-state index contributed by atoms with van der Waals surface area (Å²) in [5.74, 6) is 0.848. The lowest BCUT2D eigenvalue weighted by molar-refractivity contribution is 0.644. The number of rotatable bonds is 2. The Balaban J connectivity index is 2.24. The van der Waals surface area contributed by atoms with Crippen LogP contribution >= 0.6 is 0 Å². The van der Waals surface area contributed by atoms with Gasteiger partial charge < -0.3 is 0 Å². The van der Waals surface area contributed by atoms with Gasteiger partial charge in [-0.25, -0.2) is 0 Å². The molecular weight excluding hydrogens is 192 g/mol. The van der Waals surface area contributed by atoms with Crippen LogP contribution in [0.3, 0.4) is 0 Å². The standard InChI is InChI=1S/C16H22/c1-12-8-10-16(11-9-12)14(3)13(2)15-6-4-5-7-15/h8-11,15H,4-7H2,1-3H3/b14-13-. The fraction of sp³-hybridized carbons (Fsp3) is 0.500. The molecule has 0 unspecified atom stereocenters. The molecule has 0 saturated heterocycles. The molecule has 1 saturated carbocycles. The molecule has 1 fully saturated rings. The topological polar surface area (TPSA) is 0 Å². The minimum absolute atomic E-state index is 0.848. The van der Waals surface area contributed by atoms with Crippen LogP contribution in [0.25, 0.3) is 5.57 Å². The van der Waals surface area contributed by atoms with E-state index >= 15 is 0 Å². The second kappa shape index (κ2) is 4.86. The molecule has 0 heteroatoms. The van der Waals surface area contributed by atoms with Crippen molar-refractivity contribution < 1.29 is 0 Å². The van der Waals surface area contributed by atoms with Gasteiger partial charge in [0, 0.05) is 0 Å².